The van der Waals surface area contributed by atoms with Crippen LogP contribution in [0.15, 0.2) is 45.3 Å². The second kappa shape index (κ2) is 8.87. The average molecular weight is 428 g/mol. The lowest BCUT2D eigenvalue weighted by atomic mass is 10.1. The molecular weight excluding hydrogens is 402 g/mol. The molecule has 0 aliphatic carbocycles. The Bertz CT molecular complexity index is 1150. The third kappa shape index (κ3) is 4.05. The smallest absolute Gasteiger partial charge is 0.332 e. The second-order valence-corrected chi connectivity index (χ2v) is 8.33. The molecule has 0 bridgehead atoms. The topological polar surface area (TPSA) is 73.5 Å². The van der Waals surface area contributed by atoms with Gasteiger partial charge in [-0.2, -0.15) is 0 Å². The number of thiophene rings is 1. The Labute approximate surface area is 178 Å². The predicted octanol–water partition coefficient (Wildman–Crippen LogP) is 2.68. The van der Waals surface area contributed by atoms with Crippen LogP contribution in [0.5, 0.6) is 5.75 Å². The van der Waals surface area contributed by atoms with Gasteiger partial charge in [0.2, 0.25) is 5.91 Å². The fraction of sp³-hybridized carbons (Fsp3) is 0.409. The van der Waals surface area contributed by atoms with Gasteiger partial charge in [-0.1, -0.05) is 12.1 Å². The van der Waals surface area contributed by atoms with E-state index in [-0.39, 0.29) is 24.6 Å². The molecule has 1 saturated heterocycles. The van der Waals surface area contributed by atoms with Crippen LogP contribution in [0.1, 0.15) is 31.7 Å². The number of fused-ring (bicyclic) bond motifs is 1. The van der Waals surface area contributed by atoms with Crippen LogP contribution >= 0.6 is 11.3 Å². The van der Waals surface area contributed by atoms with Crippen molar-refractivity contribution in [2.24, 2.45) is 0 Å². The molecule has 1 aromatic carbocycles. The summed E-state index contributed by atoms with van der Waals surface area (Å²) in [5, 5.41) is 1.79. The van der Waals surface area contributed by atoms with Gasteiger partial charge in [-0.15, -0.1) is 11.3 Å². The maximum Gasteiger partial charge on any atom is 0.332 e. The van der Waals surface area contributed by atoms with Crippen LogP contribution in [0, 0.1) is 0 Å². The number of carbonyl (C=O) groups is 1. The molecule has 1 aliphatic heterocycles. The quantitative estimate of drug-likeness (QED) is 0.606. The molecule has 7 nitrogen and oxygen atoms in total. The highest BCUT2D eigenvalue weighted by atomic mass is 32.1. The van der Waals surface area contributed by atoms with Crippen LogP contribution in [0.3, 0.4) is 0 Å². The molecule has 158 valence electrons. The molecule has 2 aromatic heterocycles. The Balaban J connectivity index is 1.69. The molecule has 4 rings (SSSR count). The van der Waals surface area contributed by atoms with Gasteiger partial charge < -0.3 is 9.64 Å². The molecule has 3 heterocycles. The van der Waals surface area contributed by atoms with Gasteiger partial charge in [0.25, 0.3) is 5.56 Å². The monoisotopic (exact) mass is 427 g/mol. The van der Waals surface area contributed by atoms with E-state index >= 15 is 0 Å². The molecule has 0 saturated carbocycles. The highest BCUT2D eigenvalue weighted by molar-refractivity contribution is 7.17. The minimum Gasteiger partial charge on any atom is -0.494 e. The highest BCUT2D eigenvalue weighted by Crippen LogP contribution is 2.17. The zero-order valence-corrected chi connectivity index (χ0v) is 17.8. The number of aromatic nitrogens is 2. The van der Waals surface area contributed by atoms with Crippen molar-refractivity contribution in [1.82, 2.24) is 14.0 Å². The summed E-state index contributed by atoms with van der Waals surface area (Å²) in [6.07, 6.45) is 3.11. The van der Waals surface area contributed by atoms with Crippen LogP contribution in [0.4, 0.5) is 0 Å². The molecule has 0 radical (unpaired) electrons. The van der Waals surface area contributed by atoms with Crippen LogP contribution in [0.2, 0.25) is 0 Å². The normalized spacial score (nSPS) is 14.2. The predicted molar refractivity (Wildman–Crippen MR) is 117 cm³/mol. The first-order chi connectivity index (χ1) is 14.6. The standard InChI is InChI=1S/C22H25N3O4S/c1-2-29-17-8-6-16(7-9-17)14-25-21(27)20-18(10-13-30-20)24(22(25)28)15-19(26)23-11-4-3-5-12-23/h6-10,13H,2-5,11-12,14-15H2,1H3. The number of piperidine rings is 1. The third-order valence-corrected chi connectivity index (χ3v) is 6.31. The van der Waals surface area contributed by atoms with Gasteiger partial charge in [0, 0.05) is 13.1 Å². The lowest BCUT2D eigenvalue weighted by Gasteiger charge is -2.27. The molecule has 1 amide bonds. The van der Waals surface area contributed by atoms with E-state index in [1.807, 2.05) is 36.1 Å². The number of hydrogen-bond acceptors (Lipinski definition) is 5. The molecular formula is C22H25N3O4S. The third-order valence-electron chi connectivity index (χ3n) is 5.41. The van der Waals surface area contributed by atoms with E-state index in [2.05, 4.69) is 0 Å². The van der Waals surface area contributed by atoms with E-state index in [1.54, 1.807) is 11.4 Å². The van der Waals surface area contributed by atoms with Gasteiger partial charge >= 0.3 is 5.69 Å². The van der Waals surface area contributed by atoms with Gasteiger partial charge in [0.05, 0.1) is 18.7 Å². The van der Waals surface area contributed by atoms with Crippen molar-refractivity contribution in [1.29, 1.82) is 0 Å². The molecule has 0 unspecified atom stereocenters. The Morgan fingerprint density at radius 1 is 1.03 bits per heavy atom. The first-order valence-electron chi connectivity index (χ1n) is 10.3. The van der Waals surface area contributed by atoms with Gasteiger partial charge in [0.15, 0.2) is 0 Å². The van der Waals surface area contributed by atoms with E-state index in [0.29, 0.717) is 16.8 Å². The summed E-state index contributed by atoms with van der Waals surface area (Å²) in [4.78, 5) is 40.8. The van der Waals surface area contributed by atoms with Gasteiger partial charge in [-0.25, -0.2) is 4.79 Å². The summed E-state index contributed by atoms with van der Waals surface area (Å²) in [7, 11) is 0. The van der Waals surface area contributed by atoms with E-state index < -0.39 is 5.69 Å². The Hall–Kier alpha value is -2.87. The molecule has 3 aromatic rings. The Morgan fingerprint density at radius 2 is 1.77 bits per heavy atom. The van der Waals surface area contributed by atoms with Gasteiger partial charge in [-0.05, 0) is 55.3 Å². The van der Waals surface area contributed by atoms with Crippen LogP contribution in [-0.4, -0.2) is 39.6 Å². The van der Waals surface area contributed by atoms with Crippen molar-refractivity contribution in [2.45, 2.75) is 39.3 Å². The molecule has 1 aliphatic rings. The largest absolute Gasteiger partial charge is 0.494 e. The van der Waals surface area contributed by atoms with Crippen LogP contribution < -0.4 is 16.0 Å². The summed E-state index contributed by atoms with van der Waals surface area (Å²) in [6, 6.07) is 9.09. The Kier molecular flexibility index (Phi) is 6.03. The highest BCUT2D eigenvalue weighted by Gasteiger charge is 2.21. The number of carbonyl (C=O) groups excluding carboxylic acids is 1. The van der Waals surface area contributed by atoms with Gasteiger partial charge in [-0.3, -0.25) is 18.7 Å². The average Bonchev–Trinajstić information content (AvgIpc) is 3.26. The fourth-order valence-electron chi connectivity index (χ4n) is 3.84. The number of benzene rings is 1. The van der Waals surface area contributed by atoms with Crippen molar-refractivity contribution >= 4 is 27.5 Å². The number of amides is 1. The first kappa shape index (κ1) is 20.4. The summed E-state index contributed by atoms with van der Waals surface area (Å²) in [5.74, 6) is 0.669. The zero-order valence-electron chi connectivity index (χ0n) is 17.0. The Morgan fingerprint density at radius 3 is 2.47 bits per heavy atom. The maximum atomic E-state index is 13.2. The van der Waals surface area contributed by atoms with Crippen LogP contribution in [-0.2, 0) is 17.9 Å². The fourth-order valence-corrected chi connectivity index (χ4v) is 4.69. The van der Waals surface area contributed by atoms with E-state index in [0.717, 1.165) is 43.7 Å². The summed E-state index contributed by atoms with van der Waals surface area (Å²) in [6.45, 7) is 4.05. The summed E-state index contributed by atoms with van der Waals surface area (Å²) >= 11 is 1.30. The van der Waals surface area contributed by atoms with Crippen molar-refractivity contribution in [2.75, 3.05) is 19.7 Å². The molecule has 0 N–H and O–H groups in total. The minimum atomic E-state index is -0.454. The molecule has 8 heteroatoms. The second-order valence-electron chi connectivity index (χ2n) is 7.41. The number of likely N-dealkylation sites (tertiary alicyclic amines) is 1. The molecule has 0 spiro atoms. The SMILES string of the molecule is CCOc1ccc(Cn2c(=O)c3sccc3n(CC(=O)N3CCCCC3)c2=O)cc1. The summed E-state index contributed by atoms with van der Waals surface area (Å²) in [5.41, 5.74) is 0.580. The van der Waals surface area contributed by atoms with Crippen LogP contribution in [0.25, 0.3) is 10.2 Å². The van der Waals surface area contributed by atoms with E-state index in [1.165, 1.54) is 20.5 Å². The van der Waals surface area contributed by atoms with Gasteiger partial charge in [0.1, 0.15) is 17.0 Å². The van der Waals surface area contributed by atoms with Crippen molar-refractivity contribution in [3.8, 4) is 5.75 Å². The first-order valence-corrected chi connectivity index (χ1v) is 11.2. The van der Waals surface area contributed by atoms with Crippen molar-refractivity contribution in [3.05, 3.63) is 62.1 Å². The lowest BCUT2D eigenvalue weighted by Crippen LogP contribution is -2.44. The zero-order chi connectivity index (χ0) is 21.1. The molecule has 30 heavy (non-hydrogen) atoms. The van der Waals surface area contributed by atoms with Crippen molar-refractivity contribution in [3.63, 3.8) is 0 Å². The molecule has 1 fully saturated rings. The van der Waals surface area contributed by atoms with Crippen molar-refractivity contribution < 1.29 is 9.53 Å². The number of hydrogen-bond donors (Lipinski definition) is 0. The lowest BCUT2D eigenvalue weighted by molar-refractivity contribution is -0.132. The number of rotatable bonds is 6. The van der Waals surface area contributed by atoms with E-state index in [4.69, 9.17) is 4.74 Å². The maximum absolute atomic E-state index is 13.2. The molecule has 0 atom stereocenters. The number of ether oxygens (including phenoxy) is 1. The summed E-state index contributed by atoms with van der Waals surface area (Å²) < 4.78 is 8.61. The number of nitrogens with zero attached hydrogens (tertiary/aromatic N) is 3. The van der Waals surface area contributed by atoms with E-state index in [9.17, 15) is 14.4 Å². The minimum absolute atomic E-state index is 0.0460.